The first kappa shape index (κ1) is 10.5. The van der Waals surface area contributed by atoms with E-state index in [9.17, 15) is 0 Å². The molecule has 0 amide bonds. The molecule has 0 rings (SSSR count). The Kier molecular flexibility index (Phi) is 7.23. The Hall–Kier alpha value is -0.520. The van der Waals surface area contributed by atoms with E-state index < -0.39 is 6.10 Å². The maximum Gasteiger partial charge on any atom is 0.114 e. The smallest absolute Gasteiger partial charge is 0.114 e. The largest absolute Gasteiger partial charge is 0.385 e. The summed E-state index contributed by atoms with van der Waals surface area (Å²) in [5.74, 6) is 2.28. The number of rotatable bonds is 6. The van der Waals surface area contributed by atoms with Crippen molar-refractivity contribution in [1.82, 2.24) is 0 Å². The first-order chi connectivity index (χ1) is 5.31. The van der Waals surface area contributed by atoms with Crippen LogP contribution < -0.4 is 0 Å². The highest BCUT2D eigenvalue weighted by Gasteiger charge is 1.96. The highest BCUT2D eigenvalue weighted by Crippen LogP contribution is 2.02. The van der Waals surface area contributed by atoms with E-state index in [-0.39, 0.29) is 0 Å². The molecule has 0 saturated carbocycles. The first-order valence-corrected chi connectivity index (χ1v) is 3.94. The van der Waals surface area contributed by atoms with Gasteiger partial charge < -0.3 is 9.84 Å². The van der Waals surface area contributed by atoms with Crippen molar-refractivity contribution in [2.45, 2.75) is 31.8 Å². The lowest BCUT2D eigenvalue weighted by Gasteiger charge is -2.02. The fraction of sp³-hybridized carbons (Fsp3) is 0.778. The number of aliphatic hydroxyl groups excluding tert-OH is 1. The van der Waals surface area contributed by atoms with E-state index in [4.69, 9.17) is 16.3 Å². The van der Waals surface area contributed by atoms with Crippen molar-refractivity contribution in [1.29, 1.82) is 0 Å². The highest BCUT2D eigenvalue weighted by atomic mass is 16.5. The molecule has 2 heteroatoms. The van der Waals surface area contributed by atoms with Crippen molar-refractivity contribution in [3.8, 4) is 12.3 Å². The Morgan fingerprint density at radius 2 is 2.18 bits per heavy atom. The standard InChI is InChI=1S/C9H16O2/c1-3-9(10)7-5-4-6-8-11-2/h1,9-10H,4-8H2,2H3. The van der Waals surface area contributed by atoms with Gasteiger partial charge in [0.15, 0.2) is 0 Å². The quantitative estimate of drug-likeness (QED) is 0.462. The van der Waals surface area contributed by atoms with Crippen LogP contribution >= 0.6 is 0 Å². The molecule has 1 unspecified atom stereocenters. The topological polar surface area (TPSA) is 29.5 Å². The molecule has 0 saturated heterocycles. The minimum Gasteiger partial charge on any atom is -0.385 e. The lowest BCUT2D eigenvalue weighted by Crippen LogP contribution is -2.01. The van der Waals surface area contributed by atoms with Crippen LogP contribution in [0.2, 0.25) is 0 Å². The van der Waals surface area contributed by atoms with Gasteiger partial charge in [0.05, 0.1) is 0 Å². The third-order valence-corrected chi connectivity index (χ3v) is 1.52. The fourth-order valence-electron chi connectivity index (χ4n) is 0.844. The number of ether oxygens (including phenoxy) is 1. The summed E-state index contributed by atoms with van der Waals surface area (Å²) in [6.07, 6.45) is 8.25. The predicted octanol–water partition coefficient (Wildman–Crippen LogP) is 1.19. The van der Waals surface area contributed by atoms with E-state index >= 15 is 0 Å². The van der Waals surface area contributed by atoms with Crippen LogP contribution in [0.5, 0.6) is 0 Å². The third kappa shape index (κ3) is 7.38. The molecule has 0 radical (unpaired) electrons. The van der Waals surface area contributed by atoms with Crippen molar-refractivity contribution in [2.24, 2.45) is 0 Å². The maximum atomic E-state index is 8.95. The van der Waals surface area contributed by atoms with E-state index in [1.807, 2.05) is 0 Å². The molecule has 0 fully saturated rings. The summed E-state index contributed by atoms with van der Waals surface area (Å²) in [5, 5.41) is 8.95. The Morgan fingerprint density at radius 1 is 1.45 bits per heavy atom. The van der Waals surface area contributed by atoms with Crippen LogP contribution in [-0.4, -0.2) is 24.9 Å². The molecule has 0 aliphatic rings. The Balaban J connectivity index is 2.97. The summed E-state index contributed by atoms with van der Waals surface area (Å²) in [6.45, 7) is 0.798. The molecule has 0 aromatic heterocycles. The molecule has 0 spiro atoms. The van der Waals surface area contributed by atoms with E-state index in [0.717, 1.165) is 25.9 Å². The van der Waals surface area contributed by atoms with Crippen LogP contribution in [-0.2, 0) is 4.74 Å². The van der Waals surface area contributed by atoms with Crippen LogP contribution in [0.15, 0.2) is 0 Å². The van der Waals surface area contributed by atoms with Gasteiger partial charge in [-0.3, -0.25) is 0 Å². The van der Waals surface area contributed by atoms with Gasteiger partial charge in [-0.15, -0.1) is 6.42 Å². The Morgan fingerprint density at radius 3 is 2.73 bits per heavy atom. The maximum absolute atomic E-state index is 8.95. The van der Waals surface area contributed by atoms with Crippen LogP contribution in [0.3, 0.4) is 0 Å². The molecular weight excluding hydrogens is 140 g/mol. The predicted molar refractivity (Wildman–Crippen MR) is 45.2 cm³/mol. The first-order valence-electron chi connectivity index (χ1n) is 3.94. The van der Waals surface area contributed by atoms with Crippen molar-refractivity contribution >= 4 is 0 Å². The van der Waals surface area contributed by atoms with Crippen LogP contribution in [0.25, 0.3) is 0 Å². The van der Waals surface area contributed by atoms with Gasteiger partial charge in [-0.1, -0.05) is 12.3 Å². The summed E-state index contributed by atoms with van der Waals surface area (Å²) in [7, 11) is 1.69. The number of terminal acetylenes is 1. The van der Waals surface area contributed by atoms with Gasteiger partial charge in [0.1, 0.15) is 6.10 Å². The third-order valence-electron chi connectivity index (χ3n) is 1.52. The SMILES string of the molecule is C#CC(O)CCCCCOC. The van der Waals surface area contributed by atoms with Gasteiger partial charge >= 0.3 is 0 Å². The Bertz CT molecular complexity index is 115. The second-order valence-corrected chi connectivity index (χ2v) is 2.52. The molecule has 64 valence electrons. The summed E-state index contributed by atoms with van der Waals surface area (Å²) >= 11 is 0. The molecule has 0 aromatic rings. The van der Waals surface area contributed by atoms with Crippen molar-refractivity contribution in [3.05, 3.63) is 0 Å². The van der Waals surface area contributed by atoms with E-state index in [2.05, 4.69) is 5.92 Å². The van der Waals surface area contributed by atoms with Crippen LogP contribution in [0, 0.1) is 12.3 Å². The summed E-state index contributed by atoms with van der Waals surface area (Å²) < 4.78 is 4.87. The minimum absolute atomic E-state index is 0.558. The lowest BCUT2D eigenvalue weighted by atomic mass is 10.1. The van der Waals surface area contributed by atoms with Gasteiger partial charge in [0.25, 0.3) is 0 Å². The average molecular weight is 156 g/mol. The summed E-state index contributed by atoms with van der Waals surface area (Å²) in [6, 6.07) is 0. The number of aliphatic hydroxyl groups is 1. The van der Waals surface area contributed by atoms with Crippen molar-refractivity contribution in [2.75, 3.05) is 13.7 Å². The van der Waals surface area contributed by atoms with Crippen molar-refractivity contribution < 1.29 is 9.84 Å². The Labute approximate surface area is 68.6 Å². The molecule has 2 nitrogen and oxygen atoms in total. The molecule has 0 aliphatic heterocycles. The fourth-order valence-corrected chi connectivity index (χ4v) is 0.844. The van der Waals surface area contributed by atoms with E-state index in [1.165, 1.54) is 0 Å². The van der Waals surface area contributed by atoms with E-state index in [1.54, 1.807) is 7.11 Å². The number of unbranched alkanes of at least 4 members (excludes halogenated alkanes) is 2. The molecule has 1 atom stereocenters. The van der Waals surface area contributed by atoms with Gasteiger partial charge in [-0.2, -0.15) is 0 Å². The molecule has 1 N–H and O–H groups in total. The van der Waals surface area contributed by atoms with E-state index in [0.29, 0.717) is 6.42 Å². The zero-order valence-corrected chi connectivity index (χ0v) is 7.05. The van der Waals surface area contributed by atoms with Crippen LogP contribution in [0.1, 0.15) is 25.7 Å². The zero-order valence-electron chi connectivity index (χ0n) is 7.05. The van der Waals surface area contributed by atoms with Gasteiger partial charge in [-0.25, -0.2) is 0 Å². The van der Waals surface area contributed by atoms with Gasteiger partial charge in [0, 0.05) is 13.7 Å². The number of methoxy groups -OCH3 is 1. The summed E-state index contributed by atoms with van der Waals surface area (Å²) in [5.41, 5.74) is 0. The van der Waals surface area contributed by atoms with Gasteiger partial charge in [0.2, 0.25) is 0 Å². The normalized spacial score (nSPS) is 12.5. The van der Waals surface area contributed by atoms with Gasteiger partial charge in [-0.05, 0) is 19.3 Å². The zero-order chi connectivity index (χ0) is 8.53. The minimum atomic E-state index is -0.558. The number of hydrogen-bond acceptors (Lipinski definition) is 2. The molecule has 11 heavy (non-hydrogen) atoms. The molecular formula is C9H16O2. The molecule has 0 bridgehead atoms. The van der Waals surface area contributed by atoms with Crippen LogP contribution in [0.4, 0.5) is 0 Å². The lowest BCUT2D eigenvalue weighted by molar-refractivity contribution is 0.186. The molecule has 0 aliphatic carbocycles. The van der Waals surface area contributed by atoms with Crippen molar-refractivity contribution in [3.63, 3.8) is 0 Å². The second kappa shape index (κ2) is 7.59. The molecule has 0 aromatic carbocycles. The average Bonchev–Trinajstić information content (AvgIpc) is 2.04. The monoisotopic (exact) mass is 156 g/mol. The number of hydrogen-bond donors (Lipinski definition) is 1. The summed E-state index contributed by atoms with van der Waals surface area (Å²) in [4.78, 5) is 0. The molecule has 0 heterocycles. The highest BCUT2D eigenvalue weighted by molar-refractivity contribution is 4.92. The second-order valence-electron chi connectivity index (χ2n) is 2.52.